The van der Waals surface area contributed by atoms with E-state index in [-0.39, 0.29) is 5.56 Å². The second kappa shape index (κ2) is 6.35. The molecule has 28 heavy (non-hydrogen) atoms. The molecule has 3 aromatic heterocycles. The summed E-state index contributed by atoms with van der Waals surface area (Å²) in [7, 11) is 1.65. The van der Waals surface area contributed by atoms with Crippen molar-refractivity contribution in [3.05, 3.63) is 83.5 Å². The maximum atomic E-state index is 11.6. The molecule has 6 heteroatoms. The highest BCUT2D eigenvalue weighted by Gasteiger charge is 2.12. The summed E-state index contributed by atoms with van der Waals surface area (Å²) in [6.07, 6.45) is 5.61. The summed E-state index contributed by atoms with van der Waals surface area (Å²) in [5.74, 6) is 0.813. The van der Waals surface area contributed by atoms with Gasteiger partial charge in [-0.25, -0.2) is 9.50 Å². The van der Waals surface area contributed by atoms with Crippen molar-refractivity contribution >= 4 is 16.6 Å². The van der Waals surface area contributed by atoms with Gasteiger partial charge in [-0.2, -0.15) is 5.10 Å². The van der Waals surface area contributed by atoms with Gasteiger partial charge >= 0.3 is 0 Å². The van der Waals surface area contributed by atoms with Crippen LogP contribution in [0.5, 0.6) is 5.75 Å². The molecular weight excluding hydrogens is 352 g/mol. The van der Waals surface area contributed by atoms with Crippen LogP contribution >= 0.6 is 0 Å². The molecule has 136 valence electrons. The van der Waals surface area contributed by atoms with Crippen LogP contribution in [0.3, 0.4) is 0 Å². The van der Waals surface area contributed by atoms with Gasteiger partial charge in [0.05, 0.1) is 13.3 Å². The molecule has 1 N–H and O–H groups in total. The van der Waals surface area contributed by atoms with Gasteiger partial charge in [0.15, 0.2) is 5.65 Å². The Morgan fingerprint density at radius 2 is 1.79 bits per heavy atom. The van der Waals surface area contributed by atoms with E-state index in [1.54, 1.807) is 17.8 Å². The van der Waals surface area contributed by atoms with Crippen LogP contribution < -0.4 is 10.3 Å². The lowest BCUT2D eigenvalue weighted by Gasteiger charge is -2.06. The van der Waals surface area contributed by atoms with Crippen LogP contribution in [0.15, 0.2) is 78.0 Å². The van der Waals surface area contributed by atoms with Crippen LogP contribution in [0.2, 0.25) is 0 Å². The van der Waals surface area contributed by atoms with Crippen molar-refractivity contribution in [2.24, 2.45) is 0 Å². The SMILES string of the molecule is COc1ccc(-c2cnc3c(-c4cccc5[nH]c(=O)ccc45)cnn3c2)cc1. The zero-order valence-electron chi connectivity index (χ0n) is 15.1. The summed E-state index contributed by atoms with van der Waals surface area (Å²) in [5, 5.41) is 5.45. The van der Waals surface area contributed by atoms with Crippen molar-refractivity contribution in [1.82, 2.24) is 19.6 Å². The molecule has 0 bridgehead atoms. The summed E-state index contributed by atoms with van der Waals surface area (Å²) >= 11 is 0. The van der Waals surface area contributed by atoms with E-state index in [4.69, 9.17) is 4.74 Å². The molecule has 0 fully saturated rings. The maximum Gasteiger partial charge on any atom is 0.248 e. The summed E-state index contributed by atoms with van der Waals surface area (Å²) in [4.78, 5) is 19.1. The molecule has 3 heterocycles. The van der Waals surface area contributed by atoms with E-state index in [2.05, 4.69) is 15.1 Å². The summed E-state index contributed by atoms with van der Waals surface area (Å²) in [5.41, 5.74) is 5.33. The Bertz CT molecular complexity index is 1370. The van der Waals surface area contributed by atoms with Crippen LogP contribution in [0.25, 0.3) is 38.8 Å². The topological polar surface area (TPSA) is 72.3 Å². The Morgan fingerprint density at radius 3 is 2.61 bits per heavy atom. The van der Waals surface area contributed by atoms with Crippen LogP contribution in [0, 0.1) is 0 Å². The number of pyridine rings is 1. The first kappa shape index (κ1) is 16.3. The molecule has 0 aliphatic carbocycles. The van der Waals surface area contributed by atoms with E-state index in [0.29, 0.717) is 0 Å². The molecule has 5 rings (SSSR count). The van der Waals surface area contributed by atoms with Crippen LogP contribution in [-0.4, -0.2) is 26.7 Å². The van der Waals surface area contributed by atoms with Crippen molar-refractivity contribution in [2.75, 3.05) is 7.11 Å². The van der Waals surface area contributed by atoms with Gasteiger partial charge in [-0.3, -0.25) is 4.79 Å². The number of aromatic amines is 1. The highest BCUT2D eigenvalue weighted by atomic mass is 16.5. The van der Waals surface area contributed by atoms with E-state index in [1.807, 2.05) is 60.9 Å². The quantitative estimate of drug-likeness (QED) is 0.524. The van der Waals surface area contributed by atoms with Crippen LogP contribution in [-0.2, 0) is 0 Å². The van der Waals surface area contributed by atoms with E-state index >= 15 is 0 Å². The fourth-order valence-corrected chi connectivity index (χ4v) is 3.42. The Hall–Kier alpha value is -3.93. The van der Waals surface area contributed by atoms with Crippen molar-refractivity contribution in [3.63, 3.8) is 0 Å². The van der Waals surface area contributed by atoms with Crippen molar-refractivity contribution < 1.29 is 4.74 Å². The first-order chi connectivity index (χ1) is 13.7. The number of ether oxygens (including phenoxy) is 1. The van der Waals surface area contributed by atoms with E-state index in [9.17, 15) is 4.79 Å². The first-order valence-electron chi connectivity index (χ1n) is 8.83. The molecule has 0 saturated carbocycles. The number of H-pyrrole nitrogens is 1. The van der Waals surface area contributed by atoms with Crippen molar-refractivity contribution in [2.45, 2.75) is 0 Å². The highest BCUT2D eigenvalue weighted by Crippen LogP contribution is 2.30. The van der Waals surface area contributed by atoms with E-state index < -0.39 is 0 Å². The molecule has 0 amide bonds. The number of methoxy groups -OCH3 is 1. The Balaban J connectivity index is 1.64. The number of nitrogens with zero attached hydrogens (tertiary/aromatic N) is 3. The fraction of sp³-hybridized carbons (Fsp3) is 0.0455. The molecule has 5 aromatic rings. The molecule has 2 aromatic carbocycles. The van der Waals surface area contributed by atoms with E-state index in [0.717, 1.165) is 44.6 Å². The molecule has 0 unspecified atom stereocenters. The number of hydrogen-bond acceptors (Lipinski definition) is 4. The second-order valence-corrected chi connectivity index (χ2v) is 6.49. The highest BCUT2D eigenvalue weighted by molar-refractivity contribution is 5.97. The number of nitrogens with one attached hydrogen (secondary N) is 1. The lowest BCUT2D eigenvalue weighted by molar-refractivity contribution is 0.415. The number of benzene rings is 2. The smallest absolute Gasteiger partial charge is 0.248 e. The third kappa shape index (κ3) is 2.63. The standard InChI is InChI=1S/C22H16N4O2/c1-28-16-7-5-14(6-8-16)15-11-23-22-19(12-24-26(22)13-15)17-3-2-4-20-18(17)9-10-21(27)25-20/h2-13H,1H3,(H,25,27). The third-order valence-electron chi connectivity index (χ3n) is 4.84. The monoisotopic (exact) mass is 368 g/mol. The minimum absolute atomic E-state index is 0.119. The van der Waals surface area contributed by atoms with Crippen molar-refractivity contribution in [1.29, 1.82) is 0 Å². The maximum absolute atomic E-state index is 11.6. The molecule has 0 aliphatic heterocycles. The van der Waals surface area contributed by atoms with Crippen molar-refractivity contribution in [3.8, 4) is 28.0 Å². The zero-order valence-corrected chi connectivity index (χ0v) is 15.1. The number of hydrogen-bond donors (Lipinski definition) is 1. The number of fused-ring (bicyclic) bond motifs is 2. The molecule has 6 nitrogen and oxygen atoms in total. The molecule has 0 radical (unpaired) electrons. The second-order valence-electron chi connectivity index (χ2n) is 6.49. The first-order valence-corrected chi connectivity index (χ1v) is 8.83. The third-order valence-corrected chi connectivity index (χ3v) is 4.84. The summed E-state index contributed by atoms with van der Waals surface area (Å²) in [6, 6.07) is 17.0. The zero-order chi connectivity index (χ0) is 19.1. The van der Waals surface area contributed by atoms with Gasteiger partial charge in [0.25, 0.3) is 0 Å². The minimum atomic E-state index is -0.119. The molecule has 0 spiro atoms. The summed E-state index contributed by atoms with van der Waals surface area (Å²) < 4.78 is 6.99. The van der Waals surface area contributed by atoms with Gasteiger partial charge < -0.3 is 9.72 Å². The van der Waals surface area contributed by atoms with Gasteiger partial charge in [-0.05, 0) is 35.4 Å². The van der Waals surface area contributed by atoms with Gasteiger partial charge in [-0.1, -0.05) is 24.3 Å². The average molecular weight is 368 g/mol. The van der Waals surface area contributed by atoms with Crippen LogP contribution in [0.4, 0.5) is 0 Å². The van der Waals surface area contributed by atoms with Gasteiger partial charge in [-0.15, -0.1) is 0 Å². The lowest BCUT2D eigenvalue weighted by Crippen LogP contribution is -2.02. The van der Waals surface area contributed by atoms with E-state index in [1.165, 1.54) is 6.07 Å². The summed E-state index contributed by atoms with van der Waals surface area (Å²) in [6.45, 7) is 0. The predicted molar refractivity (Wildman–Crippen MR) is 109 cm³/mol. The largest absolute Gasteiger partial charge is 0.497 e. The molecule has 0 saturated heterocycles. The lowest BCUT2D eigenvalue weighted by atomic mass is 10.0. The normalized spacial score (nSPS) is 11.2. The van der Waals surface area contributed by atoms with Gasteiger partial charge in [0.2, 0.25) is 5.56 Å². The average Bonchev–Trinajstić information content (AvgIpc) is 3.16. The van der Waals surface area contributed by atoms with Gasteiger partial charge in [0, 0.05) is 40.5 Å². The Labute approximate surface area is 160 Å². The molecular formula is C22H16N4O2. The fourth-order valence-electron chi connectivity index (χ4n) is 3.42. The Kier molecular flexibility index (Phi) is 3.69. The molecule has 0 atom stereocenters. The number of aromatic nitrogens is 4. The molecule has 0 aliphatic rings. The van der Waals surface area contributed by atoms with Crippen LogP contribution in [0.1, 0.15) is 0 Å². The number of rotatable bonds is 3. The predicted octanol–water partition coefficient (Wildman–Crippen LogP) is 3.91. The van der Waals surface area contributed by atoms with Gasteiger partial charge in [0.1, 0.15) is 5.75 Å². The Morgan fingerprint density at radius 1 is 0.929 bits per heavy atom. The minimum Gasteiger partial charge on any atom is -0.497 e.